The Morgan fingerprint density at radius 3 is 2.83 bits per heavy atom. The largest absolute Gasteiger partial charge is 0.488 e. The molecule has 0 saturated carbocycles. The fraction of sp³-hybridized carbons (Fsp3) is 0.353. The van der Waals surface area contributed by atoms with Gasteiger partial charge in [-0.3, -0.25) is 4.98 Å². The minimum Gasteiger partial charge on any atom is -0.488 e. The normalized spacial score (nSPS) is 16.4. The first-order valence-electron chi connectivity index (χ1n) is 7.57. The molecule has 0 amide bonds. The van der Waals surface area contributed by atoms with Gasteiger partial charge in [0.15, 0.2) is 0 Å². The van der Waals surface area contributed by atoms with Crippen molar-refractivity contribution in [2.75, 3.05) is 0 Å². The van der Waals surface area contributed by atoms with Gasteiger partial charge >= 0.3 is 0 Å². The summed E-state index contributed by atoms with van der Waals surface area (Å²) >= 11 is 0. The van der Waals surface area contributed by atoms with Gasteiger partial charge in [0, 0.05) is 6.20 Å². The van der Waals surface area contributed by atoms with Crippen LogP contribution in [0.25, 0.3) is 0 Å². The highest BCUT2D eigenvalue weighted by Crippen LogP contribution is 2.34. The highest BCUT2D eigenvalue weighted by atomic mass is 32.2. The van der Waals surface area contributed by atoms with Gasteiger partial charge in [0.05, 0.1) is 17.1 Å². The summed E-state index contributed by atoms with van der Waals surface area (Å²) in [6, 6.07) is 10.4. The van der Waals surface area contributed by atoms with E-state index in [2.05, 4.69) is 9.71 Å². The lowest BCUT2D eigenvalue weighted by atomic mass is 9.94. The lowest BCUT2D eigenvalue weighted by Gasteiger charge is -2.32. The van der Waals surface area contributed by atoms with E-state index in [1.54, 1.807) is 36.5 Å². The molecule has 0 atom stereocenters. The minimum absolute atomic E-state index is 0.170. The first-order chi connectivity index (χ1) is 10.9. The Morgan fingerprint density at radius 2 is 2.09 bits per heavy atom. The van der Waals surface area contributed by atoms with Crippen LogP contribution in [-0.4, -0.2) is 19.0 Å². The number of rotatable bonds is 4. The molecule has 1 aliphatic heterocycles. The lowest BCUT2D eigenvalue weighted by molar-refractivity contribution is 0.0845. The topological polar surface area (TPSA) is 68.3 Å². The van der Waals surface area contributed by atoms with Gasteiger partial charge in [0.2, 0.25) is 10.0 Å². The van der Waals surface area contributed by atoms with Gasteiger partial charge in [0.1, 0.15) is 11.4 Å². The molecule has 3 rings (SSSR count). The molecule has 6 heteroatoms. The predicted octanol–water partition coefficient (Wildman–Crippen LogP) is 2.66. The van der Waals surface area contributed by atoms with E-state index in [1.807, 2.05) is 19.9 Å². The number of sulfonamides is 1. The molecule has 2 heterocycles. The number of benzene rings is 1. The lowest BCUT2D eigenvalue weighted by Crippen LogP contribution is -2.32. The Labute approximate surface area is 136 Å². The maximum atomic E-state index is 12.4. The molecular formula is C17H20N2O3S. The Hall–Kier alpha value is -1.92. The van der Waals surface area contributed by atoms with Gasteiger partial charge in [-0.25, -0.2) is 13.1 Å². The number of nitrogens with zero attached hydrogens (tertiary/aromatic N) is 1. The van der Waals surface area contributed by atoms with Crippen LogP contribution in [0.5, 0.6) is 5.75 Å². The maximum absolute atomic E-state index is 12.4. The molecule has 122 valence electrons. The van der Waals surface area contributed by atoms with Crippen molar-refractivity contribution in [3.05, 3.63) is 53.9 Å². The molecule has 0 saturated heterocycles. The van der Waals surface area contributed by atoms with E-state index in [0.717, 1.165) is 24.2 Å². The smallest absolute Gasteiger partial charge is 0.240 e. The number of pyridine rings is 1. The summed E-state index contributed by atoms with van der Waals surface area (Å²) in [7, 11) is -3.57. The molecule has 1 N–H and O–H groups in total. The van der Waals surface area contributed by atoms with Gasteiger partial charge in [-0.1, -0.05) is 6.07 Å². The maximum Gasteiger partial charge on any atom is 0.240 e. The summed E-state index contributed by atoms with van der Waals surface area (Å²) in [5.74, 6) is 0.768. The highest BCUT2D eigenvalue weighted by molar-refractivity contribution is 7.89. The number of aryl methyl sites for hydroxylation is 1. The van der Waals surface area contributed by atoms with E-state index >= 15 is 0 Å². The van der Waals surface area contributed by atoms with Crippen LogP contribution >= 0.6 is 0 Å². The van der Waals surface area contributed by atoms with Crippen LogP contribution in [0.4, 0.5) is 0 Å². The fourth-order valence-corrected chi connectivity index (χ4v) is 3.61. The fourth-order valence-electron chi connectivity index (χ4n) is 2.56. The monoisotopic (exact) mass is 332 g/mol. The molecule has 0 spiro atoms. The predicted molar refractivity (Wildman–Crippen MR) is 87.7 cm³/mol. The van der Waals surface area contributed by atoms with Crippen LogP contribution in [0.3, 0.4) is 0 Å². The van der Waals surface area contributed by atoms with Gasteiger partial charge in [-0.2, -0.15) is 0 Å². The van der Waals surface area contributed by atoms with Gasteiger partial charge < -0.3 is 4.74 Å². The van der Waals surface area contributed by atoms with Crippen molar-refractivity contribution >= 4 is 10.0 Å². The van der Waals surface area contributed by atoms with Crippen molar-refractivity contribution in [3.63, 3.8) is 0 Å². The van der Waals surface area contributed by atoms with Crippen molar-refractivity contribution in [2.24, 2.45) is 0 Å². The molecule has 0 fully saturated rings. The van der Waals surface area contributed by atoms with Crippen molar-refractivity contribution < 1.29 is 13.2 Å². The third-order valence-electron chi connectivity index (χ3n) is 3.89. The number of ether oxygens (including phenoxy) is 1. The quantitative estimate of drug-likeness (QED) is 0.934. The molecule has 0 unspecified atom stereocenters. The number of hydrogen-bond donors (Lipinski definition) is 1. The van der Waals surface area contributed by atoms with Crippen LogP contribution in [-0.2, 0) is 23.0 Å². The number of fused-ring (bicyclic) bond motifs is 1. The van der Waals surface area contributed by atoms with Gasteiger partial charge in [0.25, 0.3) is 0 Å². The molecule has 1 aromatic heterocycles. The van der Waals surface area contributed by atoms with Crippen molar-refractivity contribution in [1.29, 1.82) is 0 Å². The summed E-state index contributed by atoms with van der Waals surface area (Å²) < 4.78 is 33.4. The van der Waals surface area contributed by atoms with Crippen molar-refractivity contribution in [2.45, 2.75) is 43.7 Å². The zero-order chi connectivity index (χ0) is 16.5. The summed E-state index contributed by atoms with van der Waals surface area (Å²) in [5, 5.41) is 0. The highest BCUT2D eigenvalue weighted by Gasteiger charge is 2.27. The van der Waals surface area contributed by atoms with Crippen LogP contribution in [0, 0.1) is 0 Å². The number of aromatic nitrogens is 1. The van der Waals surface area contributed by atoms with E-state index in [0.29, 0.717) is 5.69 Å². The first-order valence-corrected chi connectivity index (χ1v) is 9.06. The average molecular weight is 332 g/mol. The summed E-state index contributed by atoms with van der Waals surface area (Å²) in [6.45, 7) is 4.24. The zero-order valence-electron chi connectivity index (χ0n) is 13.2. The second-order valence-electron chi connectivity index (χ2n) is 6.28. The molecule has 1 aromatic carbocycles. The van der Waals surface area contributed by atoms with Crippen LogP contribution in [0.15, 0.2) is 47.5 Å². The molecule has 1 aliphatic rings. The van der Waals surface area contributed by atoms with Crippen LogP contribution in [0.1, 0.15) is 31.5 Å². The number of nitrogens with one attached hydrogen (secondary N) is 1. The van der Waals surface area contributed by atoms with Crippen LogP contribution in [0.2, 0.25) is 0 Å². The summed E-state index contributed by atoms with van der Waals surface area (Å²) in [4.78, 5) is 4.37. The summed E-state index contributed by atoms with van der Waals surface area (Å²) in [5.41, 5.74) is 1.41. The minimum atomic E-state index is -3.57. The summed E-state index contributed by atoms with van der Waals surface area (Å²) in [6.07, 6.45) is 3.32. The molecule has 23 heavy (non-hydrogen) atoms. The molecular weight excluding hydrogens is 312 g/mol. The Morgan fingerprint density at radius 1 is 1.26 bits per heavy atom. The molecule has 0 radical (unpaired) electrons. The zero-order valence-corrected chi connectivity index (χ0v) is 14.1. The Balaban J connectivity index is 1.78. The third-order valence-corrected chi connectivity index (χ3v) is 5.29. The van der Waals surface area contributed by atoms with Crippen LogP contribution < -0.4 is 9.46 Å². The molecule has 0 aliphatic carbocycles. The van der Waals surface area contributed by atoms with E-state index in [-0.39, 0.29) is 17.0 Å². The molecule has 5 nitrogen and oxygen atoms in total. The third kappa shape index (κ3) is 3.71. The SMILES string of the molecule is CC1(C)CCc2cc(S(=O)(=O)NCc3ccccn3)ccc2O1. The standard InChI is InChI=1S/C17H20N2O3S/c1-17(2)9-8-13-11-15(6-7-16(13)22-17)23(20,21)19-12-14-5-3-4-10-18-14/h3-7,10-11,19H,8-9,12H2,1-2H3. The average Bonchev–Trinajstić information content (AvgIpc) is 2.53. The van der Waals surface area contributed by atoms with Gasteiger partial charge in [-0.15, -0.1) is 0 Å². The van der Waals surface area contributed by atoms with E-state index in [9.17, 15) is 8.42 Å². The molecule has 2 aromatic rings. The van der Waals surface area contributed by atoms with Gasteiger partial charge in [-0.05, 0) is 62.6 Å². The van der Waals surface area contributed by atoms with Crippen molar-refractivity contribution in [1.82, 2.24) is 9.71 Å². The Kier molecular flexibility index (Phi) is 4.12. The van der Waals surface area contributed by atoms with E-state index in [4.69, 9.17) is 4.74 Å². The van der Waals surface area contributed by atoms with E-state index < -0.39 is 10.0 Å². The second-order valence-corrected chi connectivity index (χ2v) is 8.04. The van der Waals surface area contributed by atoms with E-state index in [1.165, 1.54) is 0 Å². The number of hydrogen-bond acceptors (Lipinski definition) is 4. The molecule has 0 bridgehead atoms. The second kappa shape index (κ2) is 5.94. The first kappa shape index (κ1) is 16.0. The Bertz CT molecular complexity index is 802. The van der Waals surface area contributed by atoms with Crippen molar-refractivity contribution in [3.8, 4) is 5.75 Å².